The fourth-order valence-corrected chi connectivity index (χ4v) is 3.32. The Labute approximate surface area is 140 Å². The molecule has 1 aliphatic rings. The summed E-state index contributed by atoms with van der Waals surface area (Å²) in [5.41, 5.74) is 0.893. The second-order valence-electron chi connectivity index (χ2n) is 6.21. The molecule has 1 amide bonds. The zero-order chi connectivity index (χ0) is 17.3. The van der Waals surface area contributed by atoms with Crippen molar-refractivity contribution in [1.82, 2.24) is 24.3 Å². The summed E-state index contributed by atoms with van der Waals surface area (Å²) in [5.74, 6) is 0.857. The minimum absolute atomic E-state index is 0.0655. The molecule has 7 heteroatoms. The first-order chi connectivity index (χ1) is 11.5. The number of piperazine rings is 1. The number of carbonyl (C=O) groups is 1. The Bertz CT molecular complexity index is 794. The van der Waals surface area contributed by atoms with Gasteiger partial charge in [0.2, 0.25) is 5.56 Å². The number of carbonyl (C=O) groups excluding carboxylic acids is 1. The van der Waals surface area contributed by atoms with Crippen LogP contribution >= 0.6 is 0 Å². The topological polar surface area (TPSA) is 74.2 Å². The van der Waals surface area contributed by atoms with E-state index in [2.05, 4.69) is 21.8 Å². The van der Waals surface area contributed by atoms with Crippen molar-refractivity contribution in [3.05, 3.63) is 52.0 Å². The first-order valence-electron chi connectivity index (χ1n) is 8.21. The van der Waals surface area contributed by atoms with E-state index in [1.165, 1.54) is 6.07 Å². The molecule has 0 aliphatic carbocycles. The van der Waals surface area contributed by atoms with Crippen molar-refractivity contribution in [2.24, 2.45) is 7.05 Å². The van der Waals surface area contributed by atoms with E-state index < -0.39 is 0 Å². The summed E-state index contributed by atoms with van der Waals surface area (Å²) in [6.45, 7) is 6.83. The van der Waals surface area contributed by atoms with Crippen LogP contribution in [0.1, 0.15) is 34.8 Å². The van der Waals surface area contributed by atoms with Crippen molar-refractivity contribution in [2.75, 3.05) is 26.2 Å². The number of amides is 1. The normalized spacial score (nSPS) is 18.8. The maximum Gasteiger partial charge on any atom is 0.254 e. The highest BCUT2D eigenvalue weighted by Crippen LogP contribution is 2.24. The van der Waals surface area contributed by atoms with Crippen LogP contribution in [0.4, 0.5) is 0 Å². The van der Waals surface area contributed by atoms with Crippen LogP contribution < -0.4 is 5.56 Å². The van der Waals surface area contributed by atoms with Crippen molar-refractivity contribution < 1.29 is 4.79 Å². The predicted octanol–water partition coefficient (Wildman–Crippen LogP) is 0.936. The van der Waals surface area contributed by atoms with Gasteiger partial charge >= 0.3 is 0 Å². The van der Waals surface area contributed by atoms with Crippen molar-refractivity contribution in [3.8, 4) is 0 Å². The minimum atomic E-state index is -0.244. The standard InChI is InChI=1S/C17H23N5O2/c1-4-21-7-8-22(11-14(21)16-18-5-6-20(16)3)17(24)13-9-12(2)19-15(23)10-13/h5-6,9-10,14H,4,7-8,11H2,1-3H3,(H,19,23). The number of aryl methyl sites for hydroxylation is 2. The van der Waals surface area contributed by atoms with Gasteiger partial charge in [0.05, 0.1) is 6.04 Å². The molecule has 1 unspecified atom stereocenters. The Morgan fingerprint density at radius 2 is 2.17 bits per heavy atom. The summed E-state index contributed by atoms with van der Waals surface area (Å²) >= 11 is 0. The highest BCUT2D eigenvalue weighted by Gasteiger charge is 2.32. The number of rotatable bonds is 3. The van der Waals surface area contributed by atoms with Crippen molar-refractivity contribution >= 4 is 5.91 Å². The van der Waals surface area contributed by atoms with Crippen LogP contribution in [0.5, 0.6) is 0 Å². The lowest BCUT2D eigenvalue weighted by molar-refractivity contribution is 0.0472. The number of likely N-dealkylation sites (N-methyl/N-ethyl adjacent to an activating group) is 1. The first-order valence-corrected chi connectivity index (χ1v) is 8.21. The number of imidazole rings is 1. The van der Waals surface area contributed by atoms with Gasteiger partial charge in [0, 0.05) is 56.4 Å². The van der Waals surface area contributed by atoms with Crippen LogP contribution in [-0.4, -0.2) is 56.4 Å². The van der Waals surface area contributed by atoms with E-state index in [0.717, 1.165) is 18.9 Å². The molecule has 0 aromatic carbocycles. The Morgan fingerprint density at radius 3 is 2.79 bits per heavy atom. The molecular formula is C17H23N5O2. The second-order valence-corrected chi connectivity index (χ2v) is 6.21. The molecule has 1 saturated heterocycles. The molecule has 2 aromatic rings. The van der Waals surface area contributed by atoms with Crippen molar-refractivity contribution in [1.29, 1.82) is 0 Å². The minimum Gasteiger partial charge on any atom is -0.337 e. The average molecular weight is 329 g/mol. The average Bonchev–Trinajstić information content (AvgIpc) is 2.98. The molecule has 7 nitrogen and oxygen atoms in total. The Hall–Kier alpha value is -2.41. The van der Waals surface area contributed by atoms with Crippen LogP contribution in [0.15, 0.2) is 29.3 Å². The summed E-state index contributed by atoms with van der Waals surface area (Å²) < 4.78 is 2.00. The van der Waals surface area contributed by atoms with Crippen molar-refractivity contribution in [3.63, 3.8) is 0 Å². The van der Waals surface area contributed by atoms with Gasteiger partial charge < -0.3 is 14.5 Å². The van der Waals surface area contributed by atoms with Crippen molar-refractivity contribution in [2.45, 2.75) is 19.9 Å². The lowest BCUT2D eigenvalue weighted by Gasteiger charge is -2.40. The Morgan fingerprint density at radius 1 is 1.38 bits per heavy atom. The quantitative estimate of drug-likeness (QED) is 0.909. The molecule has 1 atom stereocenters. The smallest absolute Gasteiger partial charge is 0.254 e. The van der Waals surface area contributed by atoms with Gasteiger partial charge in [0.1, 0.15) is 5.82 Å². The van der Waals surface area contributed by atoms with E-state index in [1.54, 1.807) is 19.2 Å². The summed E-state index contributed by atoms with van der Waals surface area (Å²) in [6, 6.07) is 3.17. The zero-order valence-corrected chi connectivity index (χ0v) is 14.3. The van der Waals surface area contributed by atoms with Gasteiger partial charge in [-0.25, -0.2) is 4.98 Å². The van der Waals surface area contributed by atoms with Gasteiger partial charge in [-0.3, -0.25) is 14.5 Å². The van der Waals surface area contributed by atoms with Gasteiger partial charge in [-0.1, -0.05) is 6.92 Å². The van der Waals surface area contributed by atoms with E-state index in [4.69, 9.17) is 0 Å². The number of hydrogen-bond donors (Lipinski definition) is 1. The van der Waals surface area contributed by atoms with Gasteiger partial charge in [0.25, 0.3) is 5.91 Å². The summed E-state index contributed by atoms with van der Waals surface area (Å²) in [4.78, 5) is 35.8. The molecular weight excluding hydrogens is 306 g/mol. The van der Waals surface area contributed by atoms with Gasteiger partial charge in [-0.2, -0.15) is 0 Å². The van der Waals surface area contributed by atoms with E-state index in [1.807, 2.05) is 22.7 Å². The molecule has 24 heavy (non-hydrogen) atoms. The number of nitrogens with zero attached hydrogens (tertiary/aromatic N) is 4. The van der Waals surface area contributed by atoms with E-state index in [0.29, 0.717) is 24.3 Å². The third kappa shape index (κ3) is 3.12. The lowest BCUT2D eigenvalue weighted by atomic mass is 10.1. The SMILES string of the molecule is CCN1CCN(C(=O)c2cc(C)[nH]c(=O)c2)CC1c1nccn1C. The molecule has 1 aliphatic heterocycles. The highest BCUT2D eigenvalue weighted by atomic mass is 16.2. The highest BCUT2D eigenvalue weighted by molar-refractivity contribution is 5.94. The maximum atomic E-state index is 12.8. The van der Waals surface area contributed by atoms with Crippen LogP contribution in [0.3, 0.4) is 0 Å². The summed E-state index contributed by atoms with van der Waals surface area (Å²) in [5, 5.41) is 0. The lowest BCUT2D eigenvalue weighted by Crippen LogP contribution is -2.51. The van der Waals surface area contributed by atoms with Crippen LogP contribution in [0, 0.1) is 6.92 Å². The summed E-state index contributed by atoms with van der Waals surface area (Å²) in [6.07, 6.45) is 3.70. The van der Waals surface area contributed by atoms with E-state index in [-0.39, 0.29) is 17.5 Å². The number of H-pyrrole nitrogens is 1. The molecule has 0 spiro atoms. The molecule has 1 N–H and O–H groups in total. The Balaban J connectivity index is 1.86. The number of hydrogen-bond acceptors (Lipinski definition) is 4. The van der Waals surface area contributed by atoms with E-state index >= 15 is 0 Å². The fourth-order valence-electron chi connectivity index (χ4n) is 3.32. The monoisotopic (exact) mass is 329 g/mol. The number of pyridine rings is 1. The third-order valence-corrected chi connectivity index (χ3v) is 4.57. The van der Waals surface area contributed by atoms with Crippen LogP contribution in [0.2, 0.25) is 0 Å². The van der Waals surface area contributed by atoms with Gasteiger partial charge in [-0.05, 0) is 19.5 Å². The number of aromatic amines is 1. The van der Waals surface area contributed by atoms with Gasteiger partial charge in [-0.15, -0.1) is 0 Å². The van der Waals surface area contributed by atoms with Crippen LogP contribution in [0.25, 0.3) is 0 Å². The molecule has 0 bridgehead atoms. The molecule has 128 valence electrons. The summed E-state index contributed by atoms with van der Waals surface area (Å²) in [7, 11) is 1.97. The second kappa shape index (κ2) is 6.60. The first kappa shape index (κ1) is 16.4. The predicted molar refractivity (Wildman–Crippen MR) is 90.9 cm³/mol. The molecule has 2 aromatic heterocycles. The Kier molecular flexibility index (Phi) is 4.53. The molecule has 0 radical (unpaired) electrons. The third-order valence-electron chi connectivity index (χ3n) is 4.57. The van der Waals surface area contributed by atoms with Crippen LogP contribution in [-0.2, 0) is 7.05 Å². The van der Waals surface area contributed by atoms with E-state index in [9.17, 15) is 9.59 Å². The molecule has 3 rings (SSSR count). The zero-order valence-electron chi connectivity index (χ0n) is 14.3. The maximum absolute atomic E-state index is 12.8. The number of aromatic nitrogens is 3. The largest absolute Gasteiger partial charge is 0.337 e. The molecule has 3 heterocycles. The van der Waals surface area contributed by atoms with Gasteiger partial charge in [0.15, 0.2) is 0 Å². The molecule has 1 fully saturated rings. The molecule has 0 saturated carbocycles. The fraction of sp³-hybridized carbons (Fsp3) is 0.471. The number of nitrogens with one attached hydrogen (secondary N) is 1.